The van der Waals surface area contributed by atoms with Gasteiger partial charge in [-0.1, -0.05) is 25.7 Å². The number of carbonyl (C=O) groups is 1. The Morgan fingerprint density at radius 1 is 1.29 bits per heavy atom. The summed E-state index contributed by atoms with van der Waals surface area (Å²) in [4.78, 5) is 11.1. The predicted molar refractivity (Wildman–Crippen MR) is 64.8 cm³/mol. The Morgan fingerprint density at radius 3 is 2.41 bits per heavy atom. The number of aliphatic hydroxyl groups is 1. The van der Waals surface area contributed by atoms with Gasteiger partial charge in [-0.25, -0.2) is 0 Å². The van der Waals surface area contributed by atoms with Crippen LogP contribution < -0.4 is 5.32 Å². The van der Waals surface area contributed by atoms with Crippen LogP contribution in [0.5, 0.6) is 0 Å². The van der Waals surface area contributed by atoms with Gasteiger partial charge in [-0.15, -0.1) is 0 Å². The van der Waals surface area contributed by atoms with Crippen LogP contribution in [0.15, 0.2) is 0 Å². The van der Waals surface area contributed by atoms with E-state index in [0.29, 0.717) is 25.3 Å². The molecule has 17 heavy (non-hydrogen) atoms. The van der Waals surface area contributed by atoms with Crippen molar-refractivity contribution in [3.8, 4) is 0 Å². The number of hydrogen-bond donors (Lipinski definition) is 3. The fourth-order valence-corrected chi connectivity index (χ4v) is 3.02. The van der Waals surface area contributed by atoms with Crippen molar-refractivity contribution in [3.63, 3.8) is 0 Å². The van der Waals surface area contributed by atoms with Crippen molar-refractivity contribution in [1.29, 1.82) is 0 Å². The molecule has 0 spiro atoms. The van der Waals surface area contributed by atoms with Gasteiger partial charge in [0.15, 0.2) is 0 Å². The zero-order chi connectivity index (χ0) is 12.3. The van der Waals surface area contributed by atoms with Gasteiger partial charge in [0.1, 0.15) is 5.54 Å². The largest absolute Gasteiger partial charge is 0.480 e. The lowest BCUT2D eigenvalue weighted by atomic mass is 9.76. The van der Waals surface area contributed by atoms with E-state index in [9.17, 15) is 9.90 Å². The first kappa shape index (κ1) is 12.8. The van der Waals surface area contributed by atoms with Crippen molar-refractivity contribution in [2.24, 2.45) is 5.92 Å². The van der Waals surface area contributed by atoms with Crippen LogP contribution in [0.3, 0.4) is 0 Å². The third kappa shape index (κ3) is 2.99. The molecule has 1 unspecified atom stereocenters. The first-order valence-corrected chi connectivity index (χ1v) is 6.79. The van der Waals surface area contributed by atoms with Gasteiger partial charge in [0.05, 0.1) is 6.10 Å². The highest BCUT2D eigenvalue weighted by Crippen LogP contribution is 2.32. The number of β-amino-alcohol motifs (C(OH)–C–C–N with tert-alkyl or cyclic N) is 1. The molecule has 0 heterocycles. The normalized spacial score (nSPS) is 25.5. The van der Waals surface area contributed by atoms with E-state index >= 15 is 0 Å². The molecule has 3 N–H and O–H groups in total. The van der Waals surface area contributed by atoms with Gasteiger partial charge in [-0.05, 0) is 31.6 Å². The molecule has 4 heteroatoms. The minimum atomic E-state index is -0.767. The quantitative estimate of drug-likeness (QED) is 0.659. The lowest BCUT2D eigenvalue weighted by Gasteiger charge is -2.39. The minimum Gasteiger partial charge on any atom is -0.480 e. The maximum Gasteiger partial charge on any atom is 0.323 e. The third-order valence-corrected chi connectivity index (χ3v) is 4.37. The lowest BCUT2D eigenvalue weighted by Crippen LogP contribution is -2.58. The van der Waals surface area contributed by atoms with Crippen LogP contribution in [0.25, 0.3) is 0 Å². The van der Waals surface area contributed by atoms with Gasteiger partial charge in [0.2, 0.25) is 0 Å². The molecular formula is C13H23NO3. The molecule has 2 aliphatic carbocycles. The van der Waals surface area contributed by atoms with Gasteiger partial charge in [-0.2, -0.15) is 0 Å². The Kier molecular flexibility index (Phi) is 4.05. The van der Waals surface area contributed by atoms with Gasteiger partial charge in [-0.3, -0.25) is 10.1 Å². The maximum absolute atomic E-state index is 11.1. The molecule has 2 aliphatic rings. The zero-order valence-corrected chi connectivity index (χ0v) is 10.3. The van der Waals surface area contributed by atoms with Crippen LogP contribution in [0.4, 0.5) is 0 Å². The molecule has 98 valence electrons. The Labute approximate surface area is 102 Å². The molecule has 2 fully saturated rings. The molecule has 2 rings (SSSR count). The predicted octanol–water partition coefficient (Wildman–Crippen LogP) is 1.52. The SMILES string of the molecule is O=C(O)C1(NCC(O)CC2CCCC2)CCC1. The number of nitrogens with one attached hydrogen (secondary N) is 1. The molecule has 0 bridgehead atoms. The highest BCUT2D eigenvalue weighted by atomic mass is 16.4. The smallest absolute Gasteiger partial charge is 0.323 e. The molecular weight excluding hydrogens is 218 g/mol. The summed E-state index contributed by atoms with van der Waals surface area (Å²) < 4.78 is 0. The second-order valence-corrected chi connectivity index (χ2v) is 5.66. The van der Waals surface area contributed by atoms with Crippen molar-refractivity contribution >= 4 is 5.97 Å². The molecule has 0 amide bonds. The molecule has 0 radical (unpaired) electrons. The fraction of sp³-hybridized carbons (Fsp3) is 0.923. The summed E-state index contributed by atoms with van der Waals surface area (Å²) in [5.74, 6) is -0.120. The molecule has 2 saturated carbocycles. The Balaban J connectivity index is 1.71. The summed E-state index contributed by atoms with van der Waals surface area (Å²) in [5.41, 5.74) is -0.739. The second-order valence-electron chi connectivity index (χ2n) is 5.66. The van der Waals surface area contributed by atoms with Crippen LogP contribution in [0.2, 0.25) is 0 Å². The Bertz CT molecular complexity index is 270. The summed E-state index contributed by atoms with van der Waals surface area (Å²) in [6, 6.07) is 0. The van der Waals surface area contributed by atoms with Gasteiger partial charge in [0.25, 0.3) is 0 Å². The number of carboxylic acids is 1. The average molecular weight is 241 g/mol. The summed E-state index contributed by atoms with van der Waals surface area (Å²) in [6.07, 6.45) is 7.79. The molecule has 1 atom stereocenters. The van der Waals surface area contributed by atoms with Crippen molar-refractivity contribution in [2.75, 3.05) is 6.54 Å². The van der Waals surface area contributed by atoms with E-state index in [4.69, 9.17) is 5.11 Å². The molecule has 0 aromatic rings. The van der Waals surface area contributed by atoms with Gasteiger partial charge < -0.3 is 10.2 Å². The van der Waals surface area contributed by atoms with E-state index in [0.717, 1.165) is 12.8 Å². The number of aliphatic hydroxyl groups excluding tert-OH is 1. The standard InChI is InChI=1S/C13H23NO3/c15-11(8-10-4-1-2-5-10)9-14-13(12(16)17)6-3-7-13/h10-11,14-15H,1-9H2,(H,16,17). The number of carboxylic acid groups (broad SMARTS) is 1. The molecule has 0 saturated heterocycles. The zero-order valence-electron chi connectivity index (χ0n) is 10.3. The van der Waals surface area contributed by atoms with Crippen LogP contribution in [0.1, 0.15) is 51.4 Å². The van der Waals surface area contributed by atoms with Gasteiger partial charge >= 0.3 is 5.97 Å². The van der Waals surface area contributed by atoms with Crippen LogP contribution in [-0.4, -0.2) is 34.4 Å². The number of rotatable bonds is 6. The van der Waals surface area contributed by atoms with Gasteiger partial charge in [0, 0.05) is 6.54 Å². The summed E-state index contributed by atoms with van der Waals surface area (Å²) in [5, 5.41) is 22.1. The molecule has 0 aromatic carbocycles. The van der Waals surface area contributed by atoms with Crippen LogP contribution >= 0.6 is 0 Å². The molecule has 4 nitrogen and oxygen atoms in total. The summed E-state index contributed by atoms with van der Waals surface area (Å²) in [6.45, 7) is 0.419. The summed E-state index contributed by atoms with van der Waals surface area (Å²) >= 11 is 0. The number of hydrogen-bond acceptors (Lipinski definition) is 3. The Morgan fingerprint density at radius 2 is 1.94 bits per heavy atom. The van der Waals surface area contributed by atoms with E-state index in [2.05, 4.69) is 5.32 Å². The van der Waals surface area contributed by atoms with E-state index in [1.165, 1.54) is 25.7 Å². The first-order valence-electron chi connectivity index (χ1n) is 6.79. The van der Waals surface area contributed by atoms with Crippen LogP contribution in [0, 0.1) is 5.92 Å². The van der Waals surface area contributed by atoms with E-state index in [1.54, 1.807) is 0 Å². The van der Waals surface area contributed by atoms with Crippen molar-refractivity contribution in [3.05, 3.63) is 0 Å². The van der Waals surface area contributed by atoms with E-state index in [1.807, 2.05) is 0 Å². The highest BCUT2D eigenvalue weighted by Gasteiger charge is 2.44. The third-order valence-electron chi connectivity index (χ3n) is 4.37. The molecule has 0 aromatic heterocycles. The second kappa shape index (κ2) is 5.36. The maximum atomic E-state index is 11.1. The number of aliphatic carboxylic acids is 1. The van der Waals surface area contributed by atoms with Crippen molar-refractivity contribution in [2.45, 2.75) is 63.0 Å². The van der Waals surface area contributed by atoms with E-state index in [-0.39, 0.29) is 0 Å². The van der Waals surface area contributed by atoms with Crippen LogP contribution in [-0.2, 0) is 4.79 Å². The lowest BCUT2D eigenvalue weighted by molar-refractivity contribution is -0.149. The van der Waals surface area contributed by atoms with E-state index < -0.39 is 17.6 Å². The minimum absolute atomic E-state index is 0.394. The highest BCUT2D eigenvalue weighted by molar-refractivity contribution is 5.79. The monoisotopic (exact) mass is 241 g/mol. The van der Waals surface area contributed by atoms with Crippen molar-refractivity contribution in [1.82, 2.24) is 5.32 Å². The first-order chi connectivity index (χ1) is 8.12. The summed E-state index contributed by atoms with van der Waals surface area (Å²) in [7, 11) is 0. The van der Waals surface area contributed by atoms with Crippen molar-refractivity contribution < 1.29 is 15.0 Å². The average Bonchev–Trinajstić information content (AvgIpc) is 2.68. The molecule has 0 aliphatic heterocycles. The fourth-order valence-electron chi connectivity index (χ4n) is 3.02. The Hall–Kier alpha value is -0.610. The topological polar surface area (TPSA) is 69.6 Å².